The maximum atomic E-state index is 5.33. The van der Waals surface area contributed by atoms with E-state index in [1.54, 1.807) is 7.11 Å². The van der Waals surface area contributed by atoms with Gasteiger partial charge in [0.1, 0.15) is 11.6 Å². The molecule has 0 spiro atoms. The second-order valence-corrected chi connectivity index (χ2v) is 6.95. The molecule has 144 valence electrons. The van der Waals surface area contributed by atoms with Crippen molar-refractivity contribution in [3.05, 3.63) is 48.5 Å². The maximum Gasteiger partial charge on any atom is 0.178 e. The second-order valence-electron chi connectivity index (χ2n) is 6.95. The highest BCUT2D eigenvalue weighted by atomic mass is 16.5. The lowest BCUT2D eigenvalue weighted by Crippen LogP contribution is -2.24. The van der Waals surface area contributed by atoms with Gasteiger partial charge in [-0.05, 0) is 56.8 Å². The van der Waals surface area contributed by atoms with Gasteiger partial charge in [-0.2, -0.15) is 0 Å². The van der Waals surface area contributed by atoms with E-state index in [9.17, 15) is 0 Å². The average Bonchev–Trinajstić information content (AvgIpc) is 3.16. The number of hydrogen-bond acceptors (Lipinski definition) is 5. The molecule has 0 amide bonds. The summed E-state index contributed by atoms with van der Waals surface area (Å²) in [6, 6.07) is 16.6. The minimum Gasteiger partial charge on any atom is -0.497 e. The van der Waals surface area contributed by atoms with Crippen molar-refractivity contribution in [1.29, 1.82) is 0 Å². The number of methoxy groups -OCH3 is 1. The van der Waals surface area contributed by atoms with Crippen LogP contribution in [0.1, 0.15) is 13.3 Å². The number of nitrogens with one attached hydrogen (secondary N) is 3. The van der Waals surface area contributed by atoms with Crippen molar-refractivity contribution < 1.29 is 4.74 Å². The molecule has 4 rings (SSSR count). The van der Waals surface area contributed by atoms with Gasteiger partial charge in [-0.3, -0.25) is 0 Å². The van der Waals surface area contributed by atoms with Gasteiger partial charge in [0.05, 0.1) is 18.3 Å². The van der Waals surface area contributed by atoms with E-state index in [0.29, 0.717) is 11.9 Å². The van der Waals surface area contributed by atoms with Crippen molar-refractivity contribution in [2.75, 3.05) is 26.0 Å². The predicted molar refractivity (Wildman–Crippen MR) is 115 cm³/mol. The van der Waals surface area contributed by atoms with Crippen molar-refractivity contribution >= 4 is 27.6 Å². The first-order valence-corrected chi connectivity index (χ1v) is 9.53. The van der Waals surface area contributed by atoms with Gasteiger partial charge < -0.3 is 20.4 Å². The molecule has 2 aromatic heterocycles. The van der Waals surface area contributed by atoms with Gasteiger partial charge in [0.2, 0.25) is 0 Å². The molecule has 0 saturated heterocycles. The van der Waals surface area contributed by atoms with E-state index in [2.05, 4.69) is 34.7 Å². The topological polar surface area (TPSA) is 74.9 Å². The number of benzene rings is 2. The third-order valence-corrected chi connectivity index (χ3v) is 5.03. The van der Waals surface area contributed by atoms with Crippen LogP contribution in [0.5, 0.6) is 5.75 Å². The highest BCUT2D eigenvalue weighted by Gasteiger charge is 2.12. The van der Waals surface area contributed by atoms with Crippen LogP contribution >= 0.6 is 0 Å². The van der Waals surface area contributed by atoms with E-state index in [0.717, 1.165) is 52.0 Å². The first-order valence-electron chi connectivity index (χ1n) is 9.53. The Labute approximate surface area is 164 Å². The Balaban J connectivity index is 1.72. The van der Waals surface area contributed by atoms with Crippen LogP contribution in [0.3, 0.4) is 0 Å². The summed E-state index contributed by atoms with van der Waals surface area (Å²) in [5.74, 6) is 2.37. The average molecular weight is 375 g/mol. The fourth-order valence-corrected chi connectivity index (χ4v) is 3.24. The van der Waals surface area contributed by atoms with Crippen molar-refractivity contribution in [2.24, 2.45) is 0 Å². The second kappa shape index (κ2) is 7.86. The standard InChI is InChI=1S/C22H25N5O/c1-14(23-2)10-11-24-21-17-6-4-5-7-19(17)26-22(27-21)20-13-15-12-16(28-3)8-9-18(15)25-20/h4-9,12-14,23,25H,10-11H2,1-3H3,(H,24,26,27). The zero-order chi connectivity index (χ0) is 19.5. The van der Waals surface area contributed by atoms with Crippen LogP contribution in [0.4, 0.5) is 5.82 Å². The molecule has 0 aliphatic rings. The summed E-state index contributed by atoms with van der Waals surface area (Å²) in [6.07, 6.45) is 1.01. The van der Waals surface area contributed by atoms with Gasteiger partial charge in [0, 0.05) is 28.9 Å². The molecule has 6 heteroatoms. The summed E-state index contributed by atoms with van der Waals surface area (Å²) >= 11 is 0. The van der Waals surface area contributed by atoms with Crippen molar-refractivity contribution in [1.82, 2.24) is 20.3 Å². The largest absolute Gasteiger partial charge is 0.497 e. The number of anilines is 1. The Morgan fingerprint density at radius 1 is 1.11 bits per heavy atom. The molecule has 2 heterocycles. The van der Waals surface area contributed by atoms with Crippen molar-refractivity contribution in [2.45, 2.75) is 19.4 Å². The van der Waals surface area contributed by atoms with E-state index in [1.165, 1.54) is 0 Å². The zero-order valence-corrected chi connectivity index (χ0v) is 16.4. The number of aromatic amines is 1. The Kier molecular flexibility index (Phi) is 5.12. The van der Waals surface area contributed by atoms with E-state index in [-0.39, 0.29) is 0 Å². The van der Waals surface area contributed by atoms with Gasteiger partial charge in [-0.1, -0.05) is 12.1 Å². The SMILES string of the molecule is CNC(C)CCNc1nc(-c2cc3cc(OC)ccc3[nH]2)nc2ccccc12. The summed E-state index contributed by atoms with van der Waals surface area (Å²) in [5, 5.41) is 8.85. The smallest absolute Gasteiger partial charge is 0.178 e. The van der Waals surface area contributed by atoms with E-state index in [1.807, 2.05) is 43.4 Å². The Morgan fingerprint density at radius 2 is 1.96 bits per heavy atom. The summed E-state index contributed by atoms with van der Waals surface area (Å²) in [6.45, 7) is 3.01. The predicted octanol–water partition coefficient (Wildman–Crippen LogP) is 4.20. The fraction of sp³-hybridized carbons (Fsp3) is 0.273. The lowest BCUT2D eigenvalue weighted by molar-refractivity contribution is 0.415. The molecule has 0 aliphatic carbocycles. The van der Waals surface area contributed by atoms with Gasteiger partial charge >= 0.3 is 0 Å². The normalized spacial score (nSPS) is 12.4. The molecule has 0 radical (unpaired) electrons. The molecule has 1 unspecified atom stereocenters. The molecule has 6 nitrogen and oxygen atoms in total. The van der Waals surface area contributed by atoms with Gasteiger partial charge in [-0.25, -0.2) is 9.97 Å². The quantitative estimate of drug-likeness (QED) is 0.451. The minimum absolute atomic E-state index is 0.448. The first kappa shape index (κ1) is 18.3. The van der Waals surface area contributed by atoms with Crippen LogP contribution in [0, 0.1) is 0 Å². The number of fused-ring (bicyclic) bond motifs is 2. The highest BCUT2D eigenvalue weighted by molar-refractivity contribution is 5.92. The third kappa shape index (κ3) is 3.64. The van der Waals surface area contributed by atoms with Gasteiger partial charge in [-0.15, -0.1) is 0 Å². The Morgan fingerprint density at radius 3 is 2.79 bits per heavy atom. The molecule has 1 atom stereocenters. The first-order chi connectivity index (χ1) is 13.7. The minimum atomic E-state index is 0.448. The van der Waals surface area contributed by atoms with Gasteiger partial charge in [0.15, 0.2) is 5.82 Å². The Hall–Kier alpha value is -3.12. The summed E-state index contributed by atoms with van der Waals surface area (Å²) in [4.78, 5) is 13.0. The number of H-pyrrole nitrogens is 1. The number of aromatic nitrogens is 3. The number of nitrogens with zero attached hydrogens (tertiary/aromatic N) is 2. The summed E-state index contributed by atoms with van der Waals surface area (Å²) < 4.78 is 5.33. The Bertz CT molecular complexity index is 1100. The summed E-state index contributed by atoms with van der Waals surface area (Å²) in [7, 11) is 3.65. The number of hydrogen-bond donors (Lipinski definition) is 3. The molecule has 0 bridgehead atoms. The molecule has 4 aromatic rings. The molecular formula is C22H25N5O. The number of ether oxygens (including phenoxy) is 1. The molecule has 3 N–H and O–H groups in total. The number of para-hydroxylation sites is 1. The van der Waals surface area contributed by atoms with Gasteiger partial charge in [0.25, 0.3) is 0 Å². The molecular weight excluding hydrogens is 350 g/mol. The van der Waals surface area contributed by atoms with Crippen LogP contribution in [-0.2, 0) is 0 Å². The van der Waals surface area contributed by atoms with Crippen molar-refractivity contribution in [3.8, 4) is 17.3 Å². The highest BCUT2D eigenvalue weighted by Crippen LogP contribution is 2.28. The molecule has 0 aliphatic heterocycles. The van der Waals surface area contributed by atoms with Crippen LogP contribution in [0.2, 0.25) is 0 Å². The monoisotopic (exact) mass is 375 g/mol. The zero-order valence-electron chi connectivity index (χ0n) is 16.4. The summed E-state index contributed by atoms with van der Waals surface area (Å²) in [5.41, 5.74) is 2.85. The molecule has 0 fully saturated rings. The number of rotatable bonds is 7. The van der Waals surface area contributed by atoms with Crippen LogP contribution in [0.15, 0.2) is 48.5 Å². The van der Waals surface area contributed by atoms with E-state index < -0.39 is 0 Å². The van der Waals surface area contributed by atoms with Crippen LogP contribution in [-0.4, -0.2) is 41.7 Å². The maximum absolute atomic E-state index is 5.33. The third-order valence-electron chi connectivity index (χ3n) is 5.03. The fourth-order valence-electron chi connectivity index (χ4n) is 3.24. The van der Waals surface area contributed by atoms with E-state index >= 15 is 0 Å². The van der Waals surface area contributed by atoms with Crippen LogP contribution < -0.4 is 15.4 Å². The van der Waals surface area contributed by atoms with Crippen LogP contribution in [0.25, 0.3) is 33.3 Å². The molecule has 0 saturated carbocycles. The lowest BCUT2D eigenvalue weighted by Gasteiger charge is -2.13. The van der Waals surface area contributed by atoms with Crippen molar-refractivity contribution in [3.63, 3.8) is 0 Å². The molecule has 2 aromatic carbocycles. The molecule has 28 heavy (non-hydrogen) atoms. The lowest BCUT2D eigenvalue weighted by atomic mass is 10.2. The van der Waals surface area contributed by atoms with E-state index in [4.69, 9.17) is 14.7 Å².